The fraction of sp³-hybridized carbons (Fsp3) is 0.143. The molecule has 0 atom stereocenters. The highest BCUT2D eigenvalue weighted by atomic mass is 35.7. The number of benzene rings is 1. The number of rotatable bonds is 3. The Kier molecular flexibility index (Phi) is 3.15. The predicted molar refractivity (Wildman–Crippen MR) is 52.7 cm³/mol. The summed E-state index contributed by atoms with van der Waals surface area (Å²) in [7, 11) is 2.32. The van der Waals surface area contributed by atoms with Gasteiger partial charge in [0.15, 0.2) is 5.75 Å². The molecule has 0 saturated heterocycles. The van der Waals surface area contributed by atoms with Crippen molar-refractivity contribution in [1.82, 2.24) is 0 Å². The number of hydrogen-bond acceptors (Lipinski definition) is 5. The molecule has 15 heavy (non-hydrogen) atoms. The molecule has 0 spiro atoms. The van der Waals surface area contributed by atoms with Crippen molar-refractivity contribution in [2.45, 2.75) is 4.90 Å². The van der Waals surface area contributed by atoms with Gasteiger partial charge in [0.25, 0.3) is 9.05 Å². The first-order valence-corrected chi connectivity index (χ1v) is 5.94. The van der Waals surface area contributed by atoms with Gasteiger partial charge in [0.2, 0.25) is 0 Å². The topological polar surface area (TPSA) is 86.5 Å². The molecular weight excluding hydrogens is 246 g/mol. The second-order valence-electron chi connectivity index (χ2n) is 2.53. The molecule has 0 aliphatic rings. The van der Waals surface area contributed by atoms with Gasteiger partial charge in [-0.15, -0.1) is 0 Å². The minimum atomic E-state index is -3.97. The van der Waals surface area contributed by atoms with Gasteiger partial charge in [-0.3, -0.25) is 10.1 Å². The Morgan fingerprint density at radius 1 is 1.47 bits per heavy atom. The number of ether oxygens (including phenoxy) is 1. The third-order valence-electron chi connectivity index (χ3n) is 1.63. The minimum Gasteiger partial charge on any atom is -0.490 e. The number of nitrogens with zero attached hydrogens (tertiary/aromatic N) is 1. The highest BCUT2D eigenvalue weighted by molar-refractivity contribution is 8.13. The third-order valence-corrected chi connectivity index (χ3v) is 2.98. The first kappa shape index (κ1) is 11.7. The number of methoxy groups -OCH3 is 1. The van der Waals surface area contributed by atoms with Gasteiger partial charge in [-0.25, -0.2) is 8.42 Å². The Hall–Kier alpha value is -1.34. The predicted octanol–water partition coefficient (Wildman–Crippen LogP) is 1.53. The number of nitro groups is 1. The molecule has 0 fully saturated rings. The molecule has 0 aliphatic carbocycles. The summed E-state index contributed by atoms with van der Waals surface area (Å²) in [6.45, 7) is 0. The van der Waals surface area contributed by atoms with Crippen LogP contribution in [0.2, 0.25) is 0 Å². The molecule has 0 radical (unpaired) electrons. The van der Waals surface area contributed by atoms with E-state index in [9.17, 15) is 18.5 Å². The van der Waals surface area contributed by atoms with Gasteiger partial charge in [-0.1, -0.05) is 0 Å². The summed E-state index contributed by atoms with van der Waals surface area (Å²) in [4.78, 5) is 9.47. The van der Waals surface area contributed by atoms with Crippen LogP contribution in [0, 0.1) is 10.1 Å². The van der Waals surface area contributed by atoms with Crippen molar-refractivity contribution < 1.29 is 18.1 Å². The fourth-order valence-corrected chi connectivity index (χ4v) is 1.74. The Morgan fingerprint density at radius 3 is 2.47 bits per heavy atom. The molecule has 0 saturated carbocycles. The van der Waals surface area contributed by atoms with E-state index in [1.165, 1.54) is 13.2 Å². The highest BCUT2D eigenvalue weighted by Gasteiger charge is 2.20. The van der Waals surface area contributed by atoms with E-state index >= 15 is 0 Å². The molecule has 0 aromatic heterocycles. The van der Waals surface area contributed by atoms with Gasteiger partial charge in [0, 0.05) is 16.7 Å². The summed E-state index contributed by atoms with van der Waals surface area (Å²) in [6.07, 6.45) is 0. The van der Waals surface area contributed by atoms with Crippen molar-refractivity contribution in [2.24, 2.45) is 0 Å². The standard InChI is InChI=1S/C7H6ClNO5S/c1-14-7-3-2-5(15(8,12)13)4-6(7)9(10)11/h2-4H,1H3. The second-order valence-corrected chi connectivity index (χ2v) is 5.09. The van der Waals surface area contributed by atoms with E-state index in [0.717, 1.165) is 12.1 Å². The van der Waals surface area contributed by atoms with E-state index in [1.54, 1.807) is 0 Å². The molecule has 8 heteroatoms. The summed E-state index contributed by atoms with van der Waals surface area (Å²) < 4.78 is 26.5. The van der Waals surface area contributed by atoms with Gasteiger partial charge in [0.05, 0.1) is 16.9 Å². The normalized spacial score (nSPS) is 11.1. The Balaban J connectivity index is 3.42. The van der Waals surface area contributed by atoms with Gasteiger partial charge >= 0.3 is 5.69 Å². The third kappa shape index (κ3) is 2.57. The monoisotopic (exact) mass is 251 g/mol. The van der Waals surface area contributed by atoms with Gasteiger partial charge in [-0.2, -0.15) is 0 Å². The molecule has 0 amide bonds. The molecule has 6 nitrogen and oxygen atoms in total. The van der Waals surface area contributed by atoms with Crippen LogP contribution in [-0.2, 0) is 9.05 Å². The summed E-state index contributed by atoms with van der Waals surface area (Å²) in [5.41, 5.74) is -0.445. The van der Waals surface area contributed by atoms with E-state index in [1.807, 2.05) is 0 Å². The molecule has 1 aromatic carbocycles. The van der Waals surface area contributed by atoms with E-state index in [4.69, 9.17) is 15.4 Å². The van der Waals surface area contributed by atoms with Crippen molar-refractivity contribution in [3.8, 4) is 5.75 Å². The van der Waals surface area contributed by atoms with Crippen LogP contribution in [0.1, 0.15) is 0 Å². The van der Waals surface area contributed by atoms with Crippen molar-refractivity contribution in [2.75, 3.05) is 7.11 Å². The molecule has 0 aliphatic heterocycles. The number of hydrogen-bond donors (Lipinski definition) is 0. The van der Waals surface area contributed by atoms with Crippen molar-refractivity contribution in [3.63, 3.8) is 0 Å². The van der Waals surface area contributed by atoms with Crippen LogP contribution in [0.15, 0.2) is 23.1 Å². The van der Waals surface area contributed by atoms with Crippen LogP contribution < -0.4 is 4.74 Å². The van der Waals surface area contributed by atoms with Crippen LogP contribution in [0.4, 0.5) is 5.69 Å². The maximum Gasteiger partial charge on any atom is 0.312 e. The van der Waals surface area contributed by atoms with Gasteiger partial charge in [-0.05, 0) is 12.1 Å². The summed E-state index contributed by atoms with van der Waals surface area (Å²) in [5.74, 6) is -0.0240. The van der Waals surface area contributed by atoms with Gasteiger partial charge < -0.3 is 4.74 Å². The molecule has 82 valence electrons. The van der Waals surface area contributed by atoms with Crippen LogP contribution >= 0.6 is 10.7 Å². The lowest BCUT2D eigenvalue weighted by molar-refractivity contribution is -0.386. The Bertz CT molecular complexity index is 498. The molecule has 0 bridgehead atoms. The summed E-state index contributed by atoms with van der Waals surface area (Å²) in [6, 6.07) is 3.16. The highest BCUT2D eigenvalue weighted by Crippen LogP contribution is 2.30. The first-order valence-electron chi connectivity index (χ1n) is 3.63. The lowest BCUT2D eigenvalue weighted by Gasteiger charge is -2.02. The molecule has 0 N–H and O–H groups in total. The van der Waals surface area contributed by atoms with E-state index in [0.29, 0.717) is 0 Å². The van der Waals surface area contributed by atoms with Crippen molar-refractivity contribution in [3.05, 3.63) is 28.3 Å². The van der Waals surface area contributed by atoms with E-state index in [2.05, 4.69) is 0 Å². The maximum atomic E-state index is 10.9. The van der Waals surface area contributed by atoms with E-state index < -0.39 is 19.7 Å². The zero-order valence-electron chi connectivity index (χ0n) is 7.51. The number of nitro benzene ring substituents is 1. The fourth-order valence-electron chi connectivity index (χ4n) is 0.964. The van der Waals surface area contributed by atoms with Crippen LogP contribution in [0.3, 0.4) is 0 Å². The lowest BCUT2D eigenvalue weighted by Crippen LogP contribution is -1.97. The first-order chi connectivity index (χ1) is 6.86. The zero-order chi connectivity index (χ0) is 11.6. The smallest absolute Gasteiger partial charge is 0.312 e. The summed E-state index contributed by atoms with van der Waals surface area (Å²) >= 11 is 0. The van der Waals surface area contributed by atoms with Crippen molar-refractivity contribution >= 4 is 25.4 Å². The molecular formula is C7H6ClNO5S. The lowest BCUT2D eigenvalue weighted by atomic mass is 10.3. The van der Waals surface area contributed by atoms with Crippen LogP contribution in [0.5, 0.6) is 5.75 Å². The summed E-state index contributed by atoms with van der Waals surface area (Å²) in [5, 5.41) is 10.5. The van der Waals surface area contributed by atoms with Crippen LogP contribution in [-0.4, -0.2) is 20.5 Å². The second kappa shape index (κ2) is 4.03. The average molecular weight is 252 g/mol. The van der Waals surface area contributed by atoms with Gasteiger partial charge in [0.1, 0.15) is 0 Å². The average Bonchev–Trinajstić information content (AvgIpc) is 2.15. The quantitative estimate of drug-likeness (QED) is 0.462. The van der Waals surface area contributed by atoms with Crippen LogP contribution in [0.25, 0.3) is 0 Å². The Labute approximate surface area is 90.0 Å². The molecule has 0 unspecified atom stereocenters. The SMILES string of the molecule is COc1ccc(S(=O)(=O)Cl)cc1[N+](=O)[O-]. The molecule has 1 rings (SSSR count). The minimum absolute atomic E-state index is 0.0240. The largest absolute Gasteiger partial charge is 0.490 e. The van der Waals surface area contributed by atoms with Crippen molar-refractivity contribution in [1.29, 1.82) is 0 Å². The molecule has 1 aromatic rings. The molecule has 0 heterocycles. The van der Waals surface area contributed by atoms with E-state index in [-0.39, 0.29) is 10.6 Å². The Morgan fingerprint density at radius 2 is 2.07 bits per heavy atom. The number of halogens is 1. The maximum absolute atomic E-state index is 10.9. The zero-order valence-corrected chi connectivity index (χ0v) is 9.08.